The highest BCUT2D eigenvalue weighted by atomic mass is 32.2. The average molecular weight is 209 g/mol. The Morgan fingerprint density at radius 1 is 1.64 bits per heavy atom. The smallest absolute Gasteiger partial charge is 0.316 e. The van der Waals surface area contributed by atoms with Crippen LogP contribution in [0.4, 0.5) is 0 Å². The molecule has 0 saturated carbocycles. The summed E-state index contributed by atoms with van der Waals surface area (Å²) in [6.45, 7) is 1.56. The van der Waals surface area contributed by atoms with E-state index in [1.165, 1.54) is 12.4 Å². The van der Waals surface area contributed by atoms with E-state index in [4.69, 9.17) is 10.4 Å². The maximum absolute atomic E-state index is 10.5. The molecule has 14 heavy (non-hydrogen) atoms. The van der Waals surface area contributed by atoms with E-state index in [2.05, 4.69) is 9.97 Å². The molecule has 1 heterocycles. The number of nitriles is 1. The maximum Gasteiger partial charge on any atom is 0.316 e. The fourth-order valence-electron chi connectivity index (χ4n) is 0.666. The fraction of sp³-hybridized carbons (Fsp3) is 0.250. The number of aromatic nitrogens is 2. The van der Waals surface area contributed by atoms with Crippen LogP contribution in [0.2, 0.25) is 0 Å². The Morgan fingerprint density at radius 2 is 2.36 bits per heavy atom. The van der Waals surface area contributed by atoms with E-state index in [-0.39, 0.29) is 5.69 Å². The van der Waals surface area contributed by atoms with Crippen LogP contribution in [0.5, 0.6) is 0 Å². The molecule has 0 saturated heterocycles. The van der Waals surface area contributed by atoms with Gasteiger partial charge in [-0.3, -0.25) is 4.79 Å². The summed E-state index contributed by atoms with van der Waals surface area (Å²) in [5.41, 5.74) is 0.220. The number of rotatable bonds is 3. The largest absolute Gasteiger partial charge is 0.480 e. The van der Waals surface area contributed by atoms with E-state index in [1.807, 2.05) is 6.07 Å². The number of carboxylic acid groups (broad SMARTS) is 1. The van der Waals surface area contributed by atoms with Crippen molar-refractivity contribution < 1.29 is 9.90 Å². The summed E-state index contributed by atoms with van der Waals surface area (Å²) in [6, 6.07) is 1.83. The quantitative estimate of drug-likeness (QED) is 0.744. The van der Waals surface area contributed by atoms with Gasteiger partial charge in [0, 0.05) is 0 Å². The molecule has 1 aromatic heterocycles. The lowest BCUT2D eigenvalue weighted by molar-refractivity contribution is -0.136. The Bertz CT molecular complexity index is 371. The molecule has 0 aliphatic heterocycles. The Labute approximate surface area is 84.8 Å². The van der Waals surface area contributed by atoms with Crippen molar-refractivity contribution in [1.82, 2.24) is 9.97 Å². The fourth-order valence-corrected chi connectivity index (χ4v) is 1.36. The molecule has 0 spiro atoms. The first-order valence-corrected chi connectivity index (χ1v) is 4.63. The van der Waals surface area contributed by atoms with Gasteiger partial charge in [-0.1, -0.05) is 11.8 Å². The molecule has 72 valence electrons. The van der Waals surface area contributed by atoms with Crippen molar-refractivity contribution >= 4 is 17.7 Å². The minimum Gasteiger partial charge on any atom is -0.480 e. The first-order chi connectivity index (χ1) is 6.63. The Morgan fingerprint density at radius 3 is 2.79 bits per heavy atom. The number of carboxylic acids is 1. The summed E-state index contributed by atoms with van der Waals surface area (Å²) in [5.74, 6) is -0.902. The predicted molar refractivity (Wildman–Crippen MR) is 49.7 cm³/mol. The minimum atomic E-state index is -0.902. The van der Waals surface area contributed by atoms with Crippen molar-refractivity contribution in [2.45, 2.75) is 17.2 Å². The van der Waals surface area contributed by atoms with Crippen molar-refractivity contribution in [3.63, 3.8) is 0 Å². The highest BCUT2D eigenvalue weighted by Crippen LogP contribution is 2.19. The second kappa shape index (κ2) is 4.58. The van der Waals surface area contributed by atoms with Crippen molar-refractivity contribution in [3.05, 3.63) is 18.1 Å². The molecule has 6 heteroatoms. The van der Waals surface area contributed by atoms with Crippen LogP contribution in [0.25, 0.3) is 0 Å². The van der Waals surface area contributed by atoms with Gasteiger partial charge in [0.2, 0.25) is 0 Å². The van der Waals surface area contributed by atoms with Crippen LogP contribution in [0.1, 0.15) is 12.6 Å². The number of thioether (sulfide) groups is 1. The third-order valence-electron chi connectivity index (χ3n) is 1.39. The van der Waals surface area contributed by atoms with Crippen molar-refractivity contribution in [1.29, 1.82) is 5.26 Å². The Balaban J connectivity index is 2.70. The average Bonchev–Trinajstić information content (AvgIpc) is 2.19. The summed E-state index contributed by atoms with van der Waals surface area (Å²) in [7, 11) is 0. The van der Waals surface area contributed by atoms with Gasteiger partial charge in [0.05, 0.1) is 12.4 Å². The summed E-state index contributed by atoms with van der Waals surface area (Å²) in [4.78, 5) is 18.2. The lowest BCUT2D eigenvalue weighted by Gasteiger charge is -2.03. The van der Waals surface area contributed by atoms with Gasteiger partial charge >= 0.3 is 5.97 Å². The van der Waals surface area contributed by atoms with Crippen LogP contribution in [0.15, 0.2) is 17.4 Å². The maximum atomic E-state index is 10.5. The first kappa shape index (κ1) is 10.5. The molecule has 0 amide bonds. The van der Waals surface area contributed by atoms with Gasteiger partial charge in [0.1, 0.15) is 16.3 Å². The zero-order valence-corrected chi connectivity index (χ0v) is 8.15. The van der Waals surface area contributed by atoms with Gasteiger partial charge < -0.3 is 5.11 Å². The second-order valence-corrected chi connectivity index (χ2v) is 3.81. The molecule has 1 unspecified atom stereocenters. The SMILES string of the molecule is CC(Sc1cnc(C#N)cn1)C(=O)O. The van der Waals surface area contributed by atoms with E-state index in [0.29, 0.717) is 5.03 Å². The molecule has 0 aliphatic carbocycles. The lowest BCUT2D eigenvalue weighted by atomic mass is 10.5. The summed E-state index contributed by atoms with van der Waals surface area (Å²) < 4.78 is 0. The molecule has 1 aromatic rings. The number of carbonyl (C=O) groups is 1. The van der Waals surface area contributed by atoms with Crippen LogP contribution in [0, 0.1) is 11.3 Å². The number of nitrogens with zero attached hydrogens (tertiary/aromatic N) is 3. The molecule has 0 radical (unpaired) electrons. The molecule has 0 aromatic carbocycles. The summed E-state index contributed by atoms with van der Waals surface area (Å²) >= 11 is 1.09. The van der Waals surface area contributed by atoms with Crippen LogP contribution in [-0.2, 0) is 4.79 Å². The van der Waals surface area contributed by atoms with Gasteiger partial charge in [-0.25, -0.2) is 9.97 Å². The monoisotopic (exact) mass is 209 g/mol. The van der Waals surface area contributed by atoms with Gasteiger partial charge in [0.25, 0.3) is 0 Å². The lowest BCUT2D eigenvalue weighted by Crippen LogP contribution is -2.11. The van der Waals surface area contributed by atoms with Crippen LogP contribution in [0.3, 0.4) is 0 Å². The van der Waals surface area contributed by atoms with E-state index < -0.39 is 11.2 Å². The van der Waals surface area contributed by atoms with Crippen molar-refractivity contribution in [2.24, 2.45) is 0 Å². The first-order valence-electron chi connectivity index (χ1n) is 3.75. The minimum absolute atomic E-state index is 0.220. The normalized spacial score (nSPS) is 11.7. The van der Waals surface area contributed by atoms with Gasteiger partial charge in [-0.2, -0.15) is 5.26 Å². The van der Waals surface area contributed by atoms with Crippen LogP contribution in [-0.4, -0.2) is 26.3 Å². The summed E-state index contributed by atoms with van der Waals surface area (Å²) in [5, 5.41) is 17.0. The number of hydrogen-bond acceptors (Lipinski definition) is 5. The molecule has 0 aliphatic rings. The van der Waals surface area contributed by atoms with E-state index in [9.17, 15) is 4.79 Å². The molecule has 0 bridgehead atoms. The van der Waals surface area contributed by atoms with Crippen LogP contribution >= 0.6 is 11.8 Å². The topological polar surface area (TPSA) is 86.9 Å². The second-order valence-electron chi connectivity index (χ2n) is 2.45. The van der Waals surface area contributed by atoms with E-state index in [0.717, 1.165) is 11.8 Å². The molecular weight excluding hydrogens is 202 g/mol. The van der Waals surface area contributed by atoms with Gasteiger partial charge in [-0.15, -0.1) is 0 Å². The standard InChI is InChI=1S/C8H7N3O2S/c1-5(8(12)13)14-7-4-10-6(2-9)3-11-7/h3-5H,1H3,(H,12,13). The number of hydrogen-bond donors (Lipinski definition) is 1. The van der Waals surface area contributed by atoms with Crippen LogP contribution < -0.4 is 0 Å². The molecular formula is C8H7N3O2S. The van der Waals surface area contributed by atoms with E-state index in [1.54, 1.807) is 6.92 Å². The van der Waals surface area contributed by atoms with Gasteiger partial charge in [-0.05, 0) is 6.92 Å². The van der Waals surface area contributed by atoms with Gasteiger partial charge in [0.15, 0.2) is 5.69 Å². The number of aliphatic carboxylic acids is 1. The predicted octanol–water partition coefficient (Wildman–Crippen LogP) is 0.913. The highest BCUT2D eigenvalue weighted by Gasteiger charge is 2.13. The van der Waals surface area contributed by atoms with Crippen molar-refractivity contribution in [3.8, 4) is 6.07 Å². The zero-order chi connectivity index (χ0) is 10.6. The van der Waals surface area contributed by atoms with E-state index >= 15 is 0 Å². The molecule has 1 atom stereocenters. The third kappa shape index (κ3) is 2.71. The third-order valence-corrected chi connectivity index (χ3v) is 2.40. The molecule has 1 rings (SSSR count). The molecule has 5 nitrogen and oxygen atoms in total. The Hall–Kier alpha value is -1.61. The Kier molecular flexibility index (Phi) is 3.42. The molecule has 1 N–H and O–H groups in total. The molecule has 0 fully saturated rings. The zero-order valence-electron chi connectivity index (χ0n) is 7.34. The highest BCUT2D eigenvalue weighted by molar-refractivity contribution is 8.00. The summed E-state index contributed by atoms with van der Waals surface area (Å²) in [6.07, 6.45) is 2.71. The van der Waals surface area contributed by atoms with Crippen molar-refractivity contribution in [2.75, 3.05) is 0 Å².